The summed E-state index contributed by atoms with van der Waals surface area (Å²) in [6.07, 6.45) is 2.02. The second-order valence-corrected chi connectivity index (χ2v) is 7.76. The number of pyridine rings is 1. The predicted octanol–water partition coefficient (Wildman–Crippen LogP) is 3.84. The Kier molecular flexibility index (Phi) is 5.96. The van der Waals surface area contributed by atoms with Crippen molar-refractivity contribution in [2.45, 2.75) is 19.4 Å². The van der Waals surface area contributed by atoms with E-state index in [1.54, 1.807) is 12.1 Å². The van der Waals surface area contributed by atoms with Gasteiger partial charge in [-0.05, 0) is 48.6 Å². The van der Waals surface area contributed by atoms with E-state index in [4.69, 9.17) is 0 Å². The maximum absolute atomic E-state index is 11.0. The average molecular weight is 417 g/mol. The van der Waals surface area contributed by atoms with E-state index in [-0.39, 0.29) is 12.3 Å². The van der Waals surface area contributed by atoms with Crippen LogP contribution in [0.4, 0.5) is 17.2 Å². The van der Waals surface area contributed by atoms with Gasteiger partial charge in [-0.2, -0.15) is 5.26 Å². The Morgan fingerprint density at radius 1 is 1.19 bits per heavy atom. The Labute approximate surface area is 179 Å². The van der Waals surface area contributed by atoms with Gasteiger partial charge in [-0.25, -0.2) is 4.98 Å². The number of nitro groups is 1. The SMILES string of the molecule is N#Cc1cc(NCc2ccc(N3CCC(CO)CC3)cc2)nc2ccc([N+](=O)[O-])cc12. The third-order valence-corrected chi connectivity index (χ3v) is 5.77. The van der Waals surface area contributed by atoms with Gasteiger partial charge in [0.2, 0.25) is 0 Å². The molecule has 1 saturated heterocycles. The van der Waals surface area contributed by atoms with Gasteiger partial charge >= 0.3 is 0 Å². The van der Waals surface area contributed by atoms with Crippen LogP contribution in [0.25, 0.3) is 10.9 Å². The maximum Gasteiger partial charge on any atom is 0.270 e. The molecule has 0 aliphatic carbocycles. The molecule has 0 atom stereocenters. The molecule has 2 N–H and O–H groups in total. The van der Waals surface area contributed by atoms with Crippen LogP contribution in [0.5, 0.6) is 0 Å². The van der Waals surface area contributed by atoms with Crippen LogP contribution in [0.15, 0.2) is 48.5 Å². The summed E-state index contributed by atoms with van der Waals surface area (Å²) in [5.74, 6) is 0.965. The van der Waals surface area contributed by atoms with Gasteiger partial charge in [-0.1, -0.05) is 12.1 Å². The van der Waals surface area contributed by atoms with Crippen molar-refractivity contribution in [1.82, 2.24) is 4.98 Å². The quantitative estimate of drug-likeness (QED) is 0.462. The van der Waals surface area contributed by atoms with Crippen molar-refractivity contribution in [3.63, 3.8) is 0 Å². The number of piperidine rings is 1. The molecule has 0 bridgehead atoms. The number of fused-ring (bicyclic) bond motifs is 1. The molecule has 2 aromatic carbocycles. The number of non-ortho nitro benzene ring substituents is 1. The zero-order valence-electron chi connectivity index (χ0n) is 17.0. The Bertz CT molecular complexity index is 1130. The van der Waals surface area contributed by atoms with Crippen LogP contribution in [-0.4, -0.2) is 34.7 Å². The average Bonchev–Trinajstić information content (AvgIpc) is 2.82. The minimum atomic E-state index is -0.481. The number of benzene rings is 2. The Balaban J connectivity index is 1.45. The molecule has 1 aromatic heterocycles. The first-order valence-electron chi connectivity index (χ1n) is 10.3. The lowest BCUT2D eigenvalue weighted by atomic mass is 9.97. The molecular weight excluding hydrogens is 394 g/mol. The minimum absolute atomic E-state index is 0.0628. The van der Waals surface area contributed by atoms with E-state index in [1.807, 2.05) is 0 Å². The number of nitriles is 1. The number of hydrogen-bond acceptors (Lipinski definition) is 7. The Morgan fingerprint density at radius 2 is 1.94 bits per heavy atom. The lowest BCUT2D eigenvalue weighted by Gasteiger charge is -2.33. The van der Waals surface area contributed by atoms with Crippen LogP contribution >= 0.6 is 0 Å². The standard InChI is InChI=1S/C23H23N5O3/c24-13-18-11-23(26-22-6-5-20(28(30)31)12-21(18)22)25-14-16-1-3-19(4-2-16)27-9-7-17(15-29)8-10-27/h1-6,11-12,17,29H,7-10,14-15H2,(H,25,26). The van der Waals surface area contributed by atoms with Crippen molar-refractivity contribution in [2.75, 3.05) is 29.9 Å². The van der Waals surface area contributed by atoms with E-state index in [0.29, 0.717) is 34.7 Å². The molecule has 1 aliphatic rings. The summed E-state index contributed by atoms with van der Waals surface area (Å²) in [7, 11) is 0. The molecule has 0 unspecified atom stereocenters. The zero-order valence-corrected chi connectivity index (χ0v) is 17.0. The summed E-state index contributed by atoms with van der Waals surface area (Å²) in [6, 6.07) is 16.4. The Hall–Kier alpha value is -3.70. The topological polar surface area (TPSA) is 115 Å². The first kappa shape index (κ1) is 20.6. The van der Waals surface area contributed by atoms with Crippen molar-refractivity contribution < 1.29 is 10.0 Å². The molecule has 158 valence electrons. The number of anilines is 2. The zero-order chi connectivity index (χ0) is 21.8. The largest absolute Gasteiger partial charge is 0.396 e. The van der Waals surface area contributed by atoms with Crippen molar-refractivity contribution in [3.8, 4) is 6.07 Å². The second-order valence-electron chi connectivity index (χ2n) is 7.76. The highest BCUT2D eigenvalue weighted by Crippen LogP contribution is 2.26. The fourth-order valence-electron chi connectivity index (χ4n) is 3.90. The van der Waals surface area contributed by atoms with Gasteiger partial charge in [0, 0.05) is 49.4 Å². The van der Waals surface area contributed by atoms with E-state index in [0.717, 1.165) is 31.5 Å². The minimum Gasteiger partial charge on any atom is -0.396 e. The van der Waals surface area contributed by atoms with E-state index in [2.05, 4.69) is 45.5 Å². The molecule has 4 rings (SSSR count). The van der Waals surface area contributed by atoms with Gasteiger partial charge in [-0.15, -0.1) is 0 Å². The van der Waals surface area contributed by atoms with Gasteiger partial charge in [0.05, 0.1) is 22.1 Å². The maximum atomic E-state index is 11.0. The van der Waals surface area contributed by atoms with Crippen molar-refractivity contribution in [2.24, 2.45) is 5.92 Å². The second kappa shape index (κ2) is 8.98. The number of aromatic nitrogens is 1. The fraction of sp³-hybridized carbons (Fsp3) is 0.304. The molecule has 2 heterocycles. The third kappa shape index (κ3) is 4.57. The highest BCUT2D eigenvalue weighted by atomic mass is 16.6. The summed E-state index contributed by atoms with van der Waals surface area (Å²) in [6.45, 7) is 2.73. The molecule has 0 radical (unpaired) electrons. The molecule has 0 amide bonds. The normalized spacial score (nSPS) is 14.4. The molecule has 31 heavy (non-hydrogen) atoms. The first-order chi connectivity index (χ1) is 15.1. The molecule has 1 aliphatic heterocycles. The van der Waals surface area contributed by atoms with Gasteiger partial charge in [-0.3, -0.25) is 10.1 Å². The van der Waals surface area contributed by atoms with Crippen molar-refractivity contribution in [3.05, 3.63) is 69.8 Å². The summed E-state index contributed by atoms with van der Waals surface area (Å²) in [5.41, 5.74) is 3.08. The van der Waals surface area contributed by atoms with Gasteiger partial charge in [0.15, 0.2) is 0 Å². The van der Waals surface area contributed by atoms with Gasteiger partial charge in [0.25, 0.3) is 5.69 Å². The summed E-state index contributed by atoms with van der Waals surface area (Å²) in [4.78, 5) is 17.4. The third-order valence-electron chi connectivity index (χ3n) is 5.77. The van der Waals surface area contributed by atoms with Gasteiger partial charge in [0.1, 0.15) is 5.82 Å². The van der Waals surface area contributed by atoms with Gasteiger partial charge < -0.3 is 15.3 Å². The molecule has 0 saturated carbocycles. The van der Waals surface area contributed by atoms with E-state index in [1.165, 1.54) is 17.8 Å². The lowest BCUT2D eigenvalue weighted by Crippen LogP contribution is -2.34. The van der Waals surface area contributed by atoms with Crippen LogP contribution < -0.4 is 10.2 Å². The molecule has 3 aromatic rings. The summed E-state index contributed by atoms with van der Waals surface area (Å²) < 4.78 is 0. The number of nitrogens with one attached hydrogen (secondary N) is 1. The number of aliphatic hydroxyl groups is 1. The number of nitrogens with zero attached hydrogens (tertiary/aromatic N) is 4. The first-order valence-corrected chi connectivity index (χ1v) is 10.3. The number of aliphatic hydroxyl groups excluding tert-OH is 1. The van der Waals surface area contributed by atoms with E-state index >= 15 is 0 Å². The summed E-state index contributed by atoms with van der Waals surface area (Å²) >= 11 is 0. The molecule has 8 heteroatoms. The van der Waals surface area contributed by atoms with Crippen LogP contribution in [0.3, 0.4) is 0 Å². The number of nitro benzene ring substituents is 1. The Morgan fingerprint density at radius 3 is 2.58 bits per heavy atom. The number of rotatable bonds is 6. The molecule has 0 spiro atoms. The summed E-state index contributed by atoms with van der Waals surface area (Å²) in [5, 5.41) is 33.5. The van der Waals surface area contributed by atoms with E-state index < -0.39 is 4.92 Å². The molecule has 1 fully saturated rings. The van der Waals surface area contributed by atoms with Crippen molar-refractivity contribution >= 4 is 28.1 Å². The molecular formula is C23H23N5O3. The van der Waals surface area contributed by atoms with Crippen LogP contribution in [-0.2, 0) is 6.54 Å². The van der Waals surface area contributed by atoms with Crippen LogP contribution in [0, 0.1) is 27.4 Å². The number of hydrogen-bond donors (Lipinski definition) is 2. The predicted molar refractivity (Wildman–Crippen MR) is 119 cm³/mol. The highest BCUT2D eigenvalue weighted by molar-refractivity contribution is 5.88. The van der Waals surface area contributed by atoms with Crippen molar-refractivity contribution in [1.29, 1.82) is 5.26 Å². The highest BCUT2D eigenvalue weighted by Gasteiger charge is 2.18. The van der Waals surface area contributed by atoms with E-state index in [9.17, 15) is 20.5 Å². The fourth-order valence-corrected chi connectivity index (χ4v) is 3.90. The monoisotopic (exact) mass is 417 g/mol. The molecule has 8 nitrogen and oxygen atoms in total. The lowest BCUT2D eigenvalue weighted by molar-refractivity contribution is -0.384. The van der Waals surface area contributed by atoms with Crippen LogP contribution in [0.2, 0.25) is 0 Å². The smallest absolute Gasteiger partial charge is 0.270 e. The van der Waals surface area contributed by atoms with Crippen LogP contribution in [0.1, 0.15) is 24.0 Å².